The maximum Gasteiger partial charge on any atom is 0.261 e. The number of phenols is 1. The van der Waals surface area contributed by atoms with Crippen molar-refractivity contribution in [2.24, 2.45) is 0 Å². The molecule has 0 saturated heterocycles. The van der Waals surface area contributed by atoms with Crippen molar-refractivity contribution in [3.8, 4) is 17.2 Å². The molecule has 0 amide bonds. The van der Waals surface area contributed by atoms with E-state index in [4.69, 9.17) is 4.52 Å². The van der Waals surface area contributed by atoms with Crippen LogP contribution in [-0.4, -0.2) is 15.2 Å². The number of para-hydroxylation sites is 1. The quantitative estimate of drug-likeness (QED) is 0.793. The van der Waals surface area contributed by atoms with Crippen molar-refractivity contribution in [1.82, 2.24) is 10.1 Å². The molecule has 0 spiro atoms. The molecule has 0 aliphatic rings. The number of phenolic OH excluding ortho intramolecular Hbond substituents is 1. The molecule has 0 bridgehead atoms. The highest BCUT2D eigenvalue weighted by molar-refractivity contribution is 5.61. The van der Waals surface area contributed by atoms with Crippen molar-refractivity contribution in [1.29, 1.82) is 0 Å². The zero-order valence-corrected chi connectivity index (χ0v) is 11.9. The van der Waals surface area contributed by atoms with Crippen LogP contribution >= 0.6 is 0 Å². The first-order valence-corrected chi connectivity index (χ1v) is 6.77. The average Bonchev–Trinajstić information content (AvgIpc) is 2.99. The summed E-state index contributed by atoms with van der Waals surface area (Å²) in [5.74, 6) is 1.05. The summed E-state index contributed by atoms with van der Waals surface area (Å²) < 4.78 is 5.32. The lowest BCUT2D eigenvalue weighted by Crippen LogP contribution is -2.20. The molecule has 106 valence electrons. The average molecular weight is 280 g/mol. The number of aromatic nitrogens is 2. The van der Waals surface area contributed by atoms with Gasteiger partial charge >= 0.3 is 0 Å². The van der Waals surface area contributed by atoms with E-state index in [1.165, 1.54) is 0 Å². The van der Waals surface area contributed by atoms with Gasteiger partial charge < -0.3 is 9.63 Å². The molecule has 0 unspecified atom stereocenters. The zero-order valence-electron chi connectivity index (χ0n) is 11.9. The molecule has 2 aromatic carbocycles. The Balaban J connectivity index is 2.01. The summed E-state index contributed by atoms with van der Waals surface area (Å²) >= 11 is 0. The molecule has 0 aliphatic carbocycles. The van der Waals surface area contributed by atoms with E-state index in [2.05, 4.69) is 10.1 Å². The van der Waals surface area contributed by atoms with Gasteiger partial charge in [0, 0.05) is 0 Å². The maximum atomic E-state index is 9.87. The van der Waals surface area contributed by atoms with Gasteiger partial charge in [-0.25, -0.2) is 0 Å². The lowest BCUT2D eigenvalue weighted by Gasteiger charge is -2.20. The van der Waals surface area contributed by atoms with E-state index >= 15 is 0 Å². The second-order valence-electron chi connectivity index (χ2n) is 5.43. The van der Waals surface area contributed by atoms with E-state index in [1.54, 1.807) is 18.2 Å². The van der Waals surface area contributed by atoms with Gasteiger partial charge in [0.2, 0.25) is 0 Å². The van der Waals surface area contributed by atoms with Crippen LogP contribution < -0.4 is 0 Å². The SMILES string of the molecule is CC(C)(c1ccccc1)c1noc(-c2ccccc2O)n1. The fourth-order valence-corrected chi connectivity index (χ4v) is 2.23. The smallest absolute Gasteiger partial charge is 0.261 e. The topological polar surface area (TPSA) is 59.2 Å². The van der Waals surface area contributed by atoms with Crippen molar-refractivity contribution in [3.05, 3.63) is 66.0 Å². The first kappa shape index (κ1) is 13.4. The maximum absolute atomic E-state index is 9.87. The Bertz CT molecular complexity index is 748. The molecule has 0 aliphatic heterocycles. The molecule has 4 nitrogen and oxygen atoms in total. The third kappa shape index (κ3) is 2.40. The van der Waals surface area contributed by atoms with Crippen molar-refractivity contribution >= 4 is 0 Å². The van der Waals surface area contributed by atoms with Crippen molar-refractivity contribution in [3.63, 3.8) is 0 Å². The summed E-state index contributed by atoms with van der Waals surface area (Å²) in [6.45, 7) is 4.09. The highest BCUT2D eigenvalue weighted by Crippen LogP contribution is 2.32. The minimum Gasteiger partial charge on any atom is -0.507 e. The molecule has 0 fully saturated rings. The number of nitrogens with zero attached hydrogens (tertiary/aromatic N) is 2. The summed E-state index contributed by atoms with van der Waals surface area (Å²) in [7, 11) is 0. The lowest BCUT2D eigenvalue weighted by molar-refractivity contribution is 0.405. The number of hydrogen-bond donors (Lipinski definition) is 1. The minimum absolute atomic E-state index is 0.130. The fraction of sp³-hybridized carbons (Fsp3) is 0.176. The van der Waals surface area contributed by atoms with E-state index in [-0.39, 0.29) is 11.2 Å². The van der Waals surface area contributed by atoms with Gasteiger partial charge in [-0.1, -0.05) is 47.6 Å². The van der Waals surface area contributed by atoms with Crippen molar-refractivity contribution in [2.45, 2.75) is 19.3 Å². The predicted molar refractivity (Wildman–Crippen MR) is 80.0 cm³/mol. The highest BCUT2D eigenvalue weighted by atomic mass is 16.5. The van der Waals surface area contributed by atoms with Crippen LogP contribution in [0.15, 0.2) is 59.1 Å². The van der Waals surface area contributed by atoms with Crippen LogP contribution in [0.2, 0.25) is 0 Å². The first-order valence-electron chi connectivity index (χ1n) is 6.77. The van der Waals surface area contributed by atoms with Gasteiger partial charge in [0.15, 0.2) is 5.82 Å². The molecule has 1 heterocycles. The van der Waals surface area contributed by atoms with Crippen LogP contribution in [0.1, 0.15) is 25.2 Å². The molecule has 1 aromatic heterocycles. The van der Waals surface area contributed by atoms with Crippen LogP contribution in [0.4, 0.5) is 0 Å². The Labute approximate surface area is 123 Å². The molecule has 4 heteroatoms. The van der Waals surface area contributed by atoms with Gasteiger partial charge in [-0.2, -0.15) is 4.98 Å². The van der Waals surface area contributed by atoms with E-state index < -0.39 is 0 Å². The zero-order chi connectivity index (χ0) is 14.9. The summed E-state index contributed by atoms with van der Waals surface area (Å²) in [6, 6.07) is 17.0. The first-order chi connectivity index (χ1) is 10.1. The number of benzene rings is 2. The highest BCUT2D eigenvalue weighted by Gasteiger charge is 2.29. The molecule has 1 N–H and O–H groups in total. The van der Waals surface area contributed by atoms with Gasteiger partial charge in [0.05, 0.1) is 11.0 Å². The third-order valence-electron chi connectivity index (χ3n) is 3.61. The van der Waals surface area contributed by atoms with Crippen LogP contribution in [0.25, 0.3) is 11.5 Å². The number of rotatable bonds is 3. The third-order valence-corrected chi connectivity index (χ3v) is 3.61. The lowest BCUT2D eigenvalue weighted by atomic mass is 9.84. The Morgan fingerprint density at radius 1 is 0.952 bits per heavy atom. The number of hydrogen-bond acceptors (Lipinski definition) is 4. The summed E-state index contributed by atoms with van der Waals surface area (Å²) in [6.07, 6.45) is 0. The van der Waals surface area contributed by atoms with Crippen LogP contribution in [0.3, 0.4) is 0 Å². The Hall–Kier alpha value is -2.62. The van der Waals surface area contributed by atoms with Crippen molar-refractivity contribution in [2.75, 3.05) is 0 Å². The normalized spacial score (nSPS) is 11.5. The van der Waals surface area contributed by atoms with Gasteiger partial charge in [-0.05, 0) is 31.5 Å². The predicted octanol–water partition coefficient (Wildman–Crippen LogP) is 3.77. The van der Waals surface area contributed by atoms with Crippen LogP contribution in [0.5, 0.6) is 5.75 Å². The van der Waals surface area contributed by atoms with Crippen molar-refractivity contribution < 1.29 is 9.63 Å². The van der Waals surface area contributed by atoms with Gasteiger partial charge in [0.1, 0.15) is 5.75 Å². The molecule has 3 aromatic rings. The minimum atomic E-state index is -0.368. The van der Waals surface area contributed by atoms with Gasteiger partial charge in [0.25, 0.3) is 5.89 Å². The standard InChI is InChI=1S/C17H16N2O2/c1-17(2,12-8-4-3-5-9-12)16-18-15(21-19-16)13-10-6-7-11-14(13)20/h3-11,20H,1-2H3. The van der Waals surface area contributed by atoms with E-state index in [1.807, 2.05) is 50.2 Å². The fourth-order valence-electron chi connectivity index (χ4n) is 2.23. The second kappa shape index (κ2) is 5.05. The summed E-state index contributed by atoms with van der Waals surface area (Å²) in [4.78, 5) is 4.45. The molecular formula is C17H16N2O2. The Morgan fingerprint density at radius 2 is 1.62 bits per heavy atom. The Kier molecular flexibility index (Phi) is 3.22. The van der Waals surface area contributed by atoms with E-state index in [0.717, 1.165) is 5.56 Å². The largest absolute Gasteiger partial charge is 0.507 e. The van der Waals surface area contributed by atoms with E-state index in [9.17, 15) is 5.11 Å². The van der Waals surface area contributed by atoms with Crippen LogP contribution in [-0.2, 0) is 5.41 Å². The summed E-state index contributed by atoms with van der Waals surface area (Å²) in [5, 5.41) is 13.9. The second-order valence-corrected chi connectivity index (χ2v) is 5.43. The molecule has 3 rings (SSSR count). The van der Waals surface area contributed by atoms with Gasteiger partial charge in [-0.15, -0.1) is 0 Å². The van der Waals surface area contributed by atoms with Crippen LogP contribution in [0, 0.1) is 0 Å². The molecule has 0 radical (unpaired) electrons. The number of aromatic hydroxyl groups is 1. The molecule has 0 atom stereocenters. The van der Waals surface area contributed by atoms with E-state index in [0.29, 0.717) is 17.3 Å². The monoisotopic (exact) mass is 280 g/mol. The summed E-state index contributed by atoms with van der Waals surface area (Å²) in [5.41, 5.74) is 1.28. The molecular weight excluding hydrogens is 264 g/mol. The van der Waals surface area contributed by atoms with Gasteiger partial charge in [-0.3, -0.25) is 0 Å². The molecule has 0 saturated carbocycles. The molecule has 21 heavy (non-hydrogen) atoms. The Morgan fingerprint density at radius 3 is 2.33 bits per heavy atom.